The molecule has 1 saturated heterocycles. The van der Waals surface area contributed by atoms with Crippen molar-refractivity contribution in [2.24, 2.45) is 0 Å². The number of nitrogens with zero attached hydrogens (tertiary/aromatic N) is 4. The molecule has 0 radical (unpaired) electrons. The molecule has 7 heteroatoms. The molecule has 0 unspecified atom stereocenters. The average Bonchev–Trinajstić information content (AvgIpc) is 3.09. The maximum absolute atomic E-state index is 12.2. The summed E-state index contributed by atoms with van der Waals surface area (Å²) in [6.45, 7) is 8.88. The van der Waals surface area contributed by atoms with Crippen LogP contribution in [0.5, 0.6) is 0 Å². The fourth-order valence-corrected chi connectivity index (χ4v) is 3.37. The molecule has 7 nitrogen and oxygen atoms in total. The van der Waals surface area contributed by atoms with Gasteiger partial charge < -0.3 is 10.4 Å². The van der Waals surface area contributed by atoms with Crippen LogP contribution < -0.4 is 5.32 Å². The van der Waals surface area contributed by atoms with E-state index in [2.05, 4.69) is 34.1 Å². The molecule has 25 heavy (non-hydrogen) atoms. The molecule has 0 saturated carbocycles. The van der Waals surface area contributed by atoms with Gasteiger partial charge in [-0.15, -0.1) is 0 Å². The first-order chi connectivity index (χ1) is 12.0. The Hall–Kier alpha value is -2.25. The van der Waals surface area contributed by atoms with Gasteiger partial charge in [-0.2, -0.15) is 5.10 Å². The van der Waals surface area contributed by atoms with Gasteiger partial charge in [-0.25, -0.2) is 0 Å². The molecule has 2 aromatic rings. The Balaban J connectivity index is 1.64. The molecule has 1 aliphatic heterocycles. The summed E-state index contributed by atoms with van der Waals surface area (Å²) < 4.78 is 2.00. The minimum atomic E-state index is -0.588. The number of rotatable bonds is 5. The molecule has 3 heterocycles. The van der Waals surface area contributed by atoms with E-state index >= 15 is 0 Å². The fraction of sp³-hybridized carbons (Fsp3) is 0.500. The van der Waals surface area contributed by atoms with Crippen LogP contribution in [0.3, 0.4) is 0 Å². The Morgan fingerprint density at radius 1 is 1.36 bits per heavy atom. The number of hydrogen-bond donors (Lipinski definition) is 2. The van der Waals surface area contributed by atoms with Gasteiger partial charge in [0, 0.05) is 43.6 Å². The van der Waals surface area contributed by atoms with Crippen molar-refractivity contribution in [1.29, 1.82) is 0 Å². The van der Waals surface area contributed by atoms with E-state index in [1.807, 2.05) is 11.6 Å². The number of carbonyl (C=O) groups is 1. The maximum Gasteiger partial charge on any atom is 0.270 e. The number of aliphatic hydroxyl groups is 1. The van der Waals surface area contributed by atoms with Crippen LogP contribution in [-0.4, -0.2) is 55.9 Å². The molecule has 3 rings (SSSR count). The third kappa shape index (κ3) is 3.72. The first kappa shape index (κ1) is 17.6. The quantitative estimate of drug-likeness (QED) is 0.842. The smallest absolute Gasteiger partial charge is 0.270 e. The van der Waals surface area contributed by atoms with E-state index in [1.165, 1.54) is 5.56 Å². The summed E-state index contributed by atoms with van der Waals surface area (Å²) >= 11 is 0. The van der Waals surface area contributed by atoms with E-state index in [9.17, 15) is 9.90 Å². The summed E-state index contributed by atoms with van der Waals surface area (Å²) in [5.74, 6) is -0.252. The normalized spacial score (nSPS) is 20.8. The number of aliphatic hydroxyl groups excluding tert-OH is 1. The molecule has 2 atom stereocenters. The Morgan fingerprint density at radius 3 is 2.80 bits per heavy atom. The van der Waals surface area contributed by atoms with Gasteiger partial charge in [-0.05, 0) is 32.9 Å². The zero-order valence-electron chi connectivity index (χ0n) is 14.9. The molecule has 0 aromatic carbocycles. The molecule has 1 amide bonds. The summed E-state index contributed by atoms with van der Waals surface area (Å²) in [6, 6.07) is 4.91. The van der Waals surface area contributed by atoms with Gasteiger partial charge in [-0.1, -0.05) is 6.07 Å². The number of likely N-dealkylation sites (tertiary alicyclic amines) is 1. The molecule has 134 valence electrons. The van der Waals surface area contributed by atoms with E-state index in [1.54, 1.807) is 24.4 Å². The van der Waals surface area contributed by atoms with Crippen LogP contribution in [0.25, 0.3) is 0 Å². The molecule has 0 bridgehead atoms. The third-order valence-corrected chi connectivity index (χ3v) is 4.79. The molecular weight excluding hydrogens is 318 g/mol. The Morgan fingerprint density at radius 2 is 2.16 bits per heavy atom. The minimum Gasteiger partial charge on any atom is -0.390 e. The van der Waals surface area contributed by atoms with E-state index in [0.29, 0.717) is 18.8 Å². The number of pyridine rings is 1. The van der Waals surface area contributed by atoms with Gasteiger partial charge in [0.2, 0.25) is 0 Å². The monoisotopic (exact) mass is 343 g/mol. The zero-order chi connectivity index (χ0) is 18.0. The topological polar surface area (TPSA) is 83.3 Å². The van der Waals surface area contributed by atoms with Crippen molar-refractivity contribution in [3.8, 4) is 0 Å². The summed E-state index contributed by atoms with van der Waals surface area (Å²) in [5, 5.41) is 17.8. The van der Waals surface area contributed by atoms with Crippen molar-refractivity contribution in [1.82, 2.24) is 25.0 Å². The number of carbonyl (C=O) groups excluding carboxylic acids is 1. The number of amides is 1. The van der Waals surface area contributed by atoms with Crippen LogP contribution in [0.15, 0.2) is 24.4 Å². The molecule has 2 aromatic heterocycles. The van der Waals surface area contributed by atoms with Crippen LogP contribution in [-0.2, 0) is 13.1 Å². The van der Waals surface area contributed by atoms with Crippen molar-refractivity contribution in [3.63, 3.8) is 0 Å². The summed E-state index contributed by atoms with van der Waals surface area (Å²) in [4.78, 5) is 18.5. The lowest BCUT2D eigenvalue weighted by Gasteiger charge is -2.17. The maximum atomic E-state index is 12.2. The second-order valence-electron chi connectivity index (χ2n) is 6.52. The third-order valence-electron chi connectivity index (χ3n) is 4.79. The number of nitrogens with one attached hydrogen (secondary N) is 1. The Kier molecular flexibility index (Phi) is 5.15. The molecule has 1 fully saturated rings. The van der Waals surface area contributed by atoms with Crippen molar-refractivity contribution in [2.75, 3.05) is 13.1 Å². The van der Waals surface area contributed by atoms with Gasteiger partial charge in [0.1, 0.15) is 5.69 Å². The standard InChI is InChI=1S/C18H25N5O2/c1-4-23-13(3)14(12(2)21-23)9-22-10-16(17(24)11-22)20-18(25)15-7-5-6-8-19-15/h5-8,16-17,24H,4,9-11H2,1-3H3,(H,20,25)/t16-,17-/m1/s1. The van der Waals surface area contributed by atoms with Crippen molar-refractivity contribution < 1.29 is 9.90 Å². The Labute approximate surface area is 147 Å². The lowest BCUT2D eigenvalue weighted by Crippen LogP contribution is -2.43. The van der Waals surface area contributed by atoms with Gasteiger partial charge in [0.05, 0.1) is 17.8 Å². The van der Waals surface area contributed by atoms with E-state index in [-0.39, 0.29) is 11.9 Å². The Bertz CT molecular complexity index is 743. The predicted molar refractivity (Wildman–Crippen MR) is 94.2 cm³/mol. The number of aromatic nitrogens is 3. The summed E-state index contributed by atoms with van der Waals surface area (Å²) in [5.41, 5.74) is 3.75. The number of aryl methyl sites for hydroxylation is 2. The minimum absolute atomic E-state index is 0.252. The lowest BCUT2D eigenvalue weighted by molar-refractivity contribution is 0.0883. The van der Waals surface area contributed by atoms with Gasteiger partial charge >= 0.3 is 0 Å². The average molecular weight is 343 g/mol. The van der Waals surface area contributed by atoms with Crippen LogP contribution >= 0.6 is 0 Å². The highest BCUT2D eigenvalue weighted by molar-refractivity contribution is 5.92. The zero-order valence-corrected chi connectivity index (χ0v) is 14.9. The van der Waals surface area contributed by atoms with E-state index < -0.39 is 6.10 Å². The lowest BCUT2D eigenvalue weighted by atomic mass is 10.2. The first-order valence-corrected chi connectivity index (χ1v) is 8.64. The van der Waals surface area contributed by atoms with Crippen LogP contribution in [0.4, 0.5) is 0 Å². The predicted octanol–water partition coefficient (Wildman–Crippen LogP) is 0.890. The highest BCUT2D eigenvalue weighted by Gasteiger charge is 2.33. The molecular formula is C18H25N5O2. The second-order valence-corrected chi connectivity index (χ2v) is 6.52. The SMILES string of the molecule is CCn1nc(C)c(CN2C[C@@H](O)[C@H](NC(=O)c3ccccn3)C2)c1C. The van der Waals surface area contributed by atoms with Crippen molar-refractivity contribution in [2.45, 2.75) is 46.0 Å². The van der Waals surface area contributed by atoms with Crippen LogP contribution in [0.1, 0.15) is 34.4 Å². The van der Waals surface area contributed by atoms with E-state index in [4.69, 9.17) is 0 Å². The summed E-state index contributed by atoms with van der Waals surface area (Å²) in [7, 11) is 0. The van der Waals surface area contributed by atoms with Crippen LogP contribution in [0, 0.1) is 13.8 Å². The summed E-state index contributed by atoms with van der Waals surface area (Å²) in [6.07, 6.45) is 0.998. The number of β-amino-alcohol motifs (C(OH)–C–C–N with tert-alkyl or cyclic N) is 1. The first-order valence-electron chi connectivity index (χ1n) is 8.64. The molecule has 2 N–H and O–H groups in total. The van der Waals surface area contributed by atoms with Crippen molar-refractivity contribution in [3.05, 3.63) is 47.0 Å². The van der Waals surface area contributed by atoms with E-state index in [0.717, 1.165) is 24.5 Å². The van der Waals surface area contributed by atoms with Crippen molar-refractivity contribution >= 4 is 5.91 Å². The second kappa shape index (κ2) is 7.33. The molecule has 1 aliphatic rings. The fourth-order valence-electron chi connectivity index (χ4n) is 3.37. The van der Waals surface area contributed by atoms with Gasteiger partial charge in [-0.3, -0.25) is 19.4 Å². The largest absolute Gasteiger partial charge is 0.390 e. The number of hydrogen-bond acceptors (Lipinski definition) is 5. The van der Waals surface area contributed by atoms with Gasteiger partial charge in [0.25, 0.3) is 5.91 Å². The highest BCUT2D eigenvalue weighted by Crippen LogP contribution is 2.19. The molecule has 0 spiro atoms. The highest BCUT2D eigenvalue weighted by atomic mass is 16.3. The van der Waals surface area contributed by atoms with Crippen LogP contribution in [0.2, 0.25) is 0 Å². The van der Waals surface area contributed by atoms with Gasteiger partial charge in [0.15, 0.2) is 0 Å². The molecule has 0 aliphatic carbocycles.